The highest BCUT2D eigenvalue weighted by molar-refractivity contribution is 5.70. The van der Waals surface area contributed by atoms with E-state index in [9.17, 15) is 4.79 Å². The number of hydrogen-bond acceptors (Lipinski definition) is 3. The number of esters is 1. The zero-order chi connectivity index (χ0) is 13.6. The van der Waals surface area contributed by atoms with Crippen LogP contribution in [0.5, 0.6) is 0 Å². The van der Waals surface area contributed by atoms with Crippen molar-refractivity contribution in [2.45, 2.75) is 39.5 Å². The Hall–Kier alpha value is -1.51. The van der Waals surface area contributed by atoms with Gasteiger partial charge in [-0.05, 0) is 24.0 Å². The van der Waals surface area contributed by atoms with Crippen LogP contribution >= 0.6 is 0 Å². The molecule has 0 saturated heterocycles. The number of para-hydroxylation sites is 1. The number of rotatable bonds is 5. The minimum Gasteiger partial charge on any atom is -0.466 e. The lowest BCUT2D eigenvalue weighted by Gasteiger charge is -2.23. The van der Waals surface area contributed by atoms with Crippen LogP contribution in [0, 0.1) is 0 Å². The summed E-state index contributed by atoms with van der Waals surface area (Å²) in [5.74, 6) is -0.154. The van der Waals surface area contributed by atoms with Gasteiger partial charge in [0.2, 0.25) is 0 Å². The number of hydrogen-bond donors (Lipinski definition) is 1. The molecule has 0 amide bonds. The molecule has 0 radical (unpaired) electrons. The van der Waals surface area contributed by atoms with Crippen molar-refractivity contribution in [1.82, 2.24) is 0 Å². The summed E-state index contributed by atoms with van der Waals surface area (Å²) < 4.78 is 4.90. The van der Waals surface area contributed by atoms with Crippen molar-refractivity contribution in [3.63, 3.8) is 0 Å². The molecule has 1 aromatic rings. The zero-order valence-corrected chi connectivity index (χ0v) is 11.7. The van der Waals surface area contributed by atoms with Gasteiger partial charge < -0.3 is 10.1 Å². The third-order valence-electron chi connectivity index (χ3n) is 2.68. The van der Waals surface area contributed by atoms with Gasteiger partial charge in [-0.15, -0.1) is 0 Å². The fourth-order valence-electron chi connectivity index (χ4n) is 1.82. The first-order chi connectivity index (χ1) is 8.45. The molecule has 0 atom stereocenters. The van der Waals surface area contributed by atoms with E-state index < -0.39 is 0 Å². The Morgan fingerprint density at radius 3 is 2.56 bits per heavy atom. The quantitative estimate of drug-likeness (QED) is 0.813. The Morgan fingerprint density at radius 1 is 1.28 bits per heavy atom. The zero-order valence-electron chi connectivity index (χ0n) is 11.7. The maximum atomic E-state index is 11.3. The highest BCUT2D eigenvalue weighted by Crippen LogP contribution is 2.29. The van der Waals surface area contributed by atoms with Gasteiger partial charge in [-0.2, -0.15) is 0 Å². The second kappa shape index (κ2) is 6.43. The maximum absolute atomic E-state index is 11.3. The number of ether oxygens (including phenoxy) is 1. The van der Waals surface area contributed by atoms with Gasteiger partial charge in [0.15, 0.2) is 0 Å². The molecule has 1 aromatic carbocycles. The molecule has 1 N–H and O–H groups in total. The van der Waals surface area contributed by atoms with E-state index in [1.54, 1.807) is 0 Å². The van der Waals surface area contributed by atoms with Gasteiger partial charge >= 0.3 is 5.97 Å². The van der Waals surface area contributed by atoms with E-state index in [4.69, 9.17) is 4.74 Å². The molecule has 3 heteroatoms. The second-order valence-corrected chi connectivity index (χ2v) is 5.28. The Balaban J connectivity index is 2.60. The first kappa shape index (κ1) is 14.6. The van der Waals surface area contributed by atoms with Gasteiger partial charge in [-0.3, -0.25) is 4.79 Å². The number of carbonyl (C=O) groups is 1. The SMILES string of the molecule is CCOC(=O)CCNc1ccccc1C(C)(C)C. The molecular formula is C15H23NO2. The molecule has 0 aliphatic rings. The highest BCUT2D eigenvalue weighted by Gasteiger charge is 2.17. The van der Waals surface area contributed by atoms with Crippen LogP contribution in [-0.4, -0.2) is 19.1 Å². The molecule has 0 aliphatic carbocycles. The average molecular weight is 249 g/mol. The standard InChI is InChI=1S/C15H23NO2/c1-5-18-14(17)10-11-16-13-9-7-6-8-12(13)15(2,3)4/h6-9,16H,5,10-11H2,1-4H3. The molecule has 0 spiro atoms. The summed E-state index contributed by atoms with van der Waals surface area (Å²) in [7, 11) is 0. The lowest BCUT2D eigenvalue weighted by Crippen LogP contribution is -2.17. The monoisotopic (exact) mass is 249 g/mol. The van der Waals surface area contributed by atoms with Crippen molar-refractivity contribution in [3.8, 4) is 0 Å². The van der Waals surface area contributed by atoms with Crippen LogP contribution in [0.1, 0.15) is 39.7 Å². The third kappa shape index (κ3) is 4.40. The van der Waals surface area contributed by atoms with Crippen molar-refractivity contribution >= 4 is 11.7 Å². The Kier molecular flexibility index (Phi) is 5.20. The summed E-state index contributed by atoms with van der Waals surface area (Å²) in [6.07, 6.45) is 0.395. The molecule has 0 unspecified atom stereocenters. The molecule has 1 rings (SSSR count). The molecule has 3 nitrogen and oxygen atoms in total. The predicted octanol–water partition coefficient (Wildman–Crippen LogP) is 3.35. The van der Waals surface area contributed by atoms with E-state index >= 15 is 0 Å². The van der Waals surface area contributed by atoms with Crippen LogP contribution in [0.15, 0.2) is 24.3 Å². The van der Waals surface area contributed by atoms with Crippen LogP contribution < -0.4 is 5.32 Å². The van der Waals surface area contributed by atoms with Crippen molar-refractivity contribution in [2.75, 3.05) is 18.5 Å². The summed E-state index contributed by atoms with van der Waals surface area (Å²) in [6.45, 7) is 9.40. The van der Waals surface area contributed by atoms with Gasteiger partial charge in [0.1, 0.15) is 0 Å². The topological polar surface area (TPSA) is 38.3 Å². The molecule has 0 saturated carbocycles. The third-order valence-corrected chi connectivity index (χ3v) is 2.68. The van der Waals surface area contributed by atoms with Crippen LogP contribution in [0.3, 0.4) is 0 Å². The molecule has 0 aliphatic heterocycles. The summed E-state index contributed by atoms with van der Waals surface area (Å²) >= 11 is 0. The van der Waals surface area contributed by atoms with Crippen LogP contribution in [-0.2, 0) is 14.9 Å². The van der Waals surface area contributed by atoms with E-state index in [0.29, 0.717) is 19.6 Å². The molecule has 18 heavy (non-hydrogen) atoms. The number of anilines is 1. The summed E-state index contributed by atoms with van der Waals surface area (Å²) in [6, 6.07) is 8.21. The van der Waals surface area contributed by atoms with Crippen molar-refractivity contribution in [2.24, 2.45) is 0 Å². The minimum atomic E-state index is -0.154. The van der Waals surface area contributed by atoms with E-state index in [1.165, 1.54) is 5.56 Å². The molecule has 0 heterocycles. The summed E-state index contributed by atoms with van der Waals surface area (Å²) in [5.41, 5.74) is 2.44. The van der Waals surface area contributed by atoms with E-state index in [0.717, 1.165) is 5.69 Å². The minimum absolute atomic E-state index is 0.0908. The fourth-order valence-corrected chi connectivity index (χ4v) is 1.82. The van der Waals surface area contributed by atoms with Crippen LogP contribution in [0.4, 0.5) is 5.69 Å². The largest absolute Gasteiger partial charge is 0.466 e. The van der Waals surface area contributed by atoms with Gasteiger partial charge in [-0.25, -0.2) is 0 Å². The lowest BCUT2D eigenvalue weighted by molar-refractivity contribution is -0.142. The van der Waals surface area contributed by atoms with Crippen LogP contribution in [0.25, 0.3) is 0 Å². The van der Waals surface area contributed by atoms with Crippen molar-refractivity contribution < 1.29 is 9.53 Å². The molecule has 0 bridgehead atoms. The lowest BCUT2D eigenvalue weighted by atomic mass is 9.86. The van der Waals surface area contributed by atoms with Crippen molar-refractivity contribution in [1.29, 1.82) is 0 Å². The van der Waals surface area contributed by atoms with E-state index in [-0.39, 0.29) is 11.4 Å². The van der Waals surface area contributed by atoms with Gasteiger partial charge in [0.25, 0.3) is 0 Å². The molecule has 0 aromatic heterocycles. The first-order valence-corrected chi connectivity index (χ1v) is 6.44. The van der Waals surface area contributed by atoms with E-state index in [2.05, 4.69) is 32.2 Å². The molecular weight excluding hydrogens is 226 g/mol. The van der Waals surface area contributed by atoms with Crippen molar-refractivity contribution in [3.05, 3.63) is 29.8 Å². The van der Waals surface area contributed by atoms with E-state index in [1.807, 2.05) is 25.1 Å². The number of benzene rings is 1. The Labute approximate surface area is 110 Å². The normalized spacial score (nSPS) is 11.1. The fraction of sp³-hybridized carbons (Fsp3) is 0.533. The number of nitrogens with one attached hydrogen (secondary N) is 1. The number of carbonyl (C=O) groups excluding carboxylic acids is 1. The van der Waals surface area contributed by atoms with Gasteiger partial charge in [0.05, 0.1) is 13.0 Å². The highest BCUT2D eigenvalue weighted by atomic mass is 16.5. The smallest absolute Gasteiger partial charge is 0.307 e. The Morgan fingerprint density at radius 2 is 1.94 bits per heavy atom. The molecule has 0 fully saturated rings. The average Bonchev–Trinajstić information content (AvgIpc) is 2.28. The summed E-state index contributed by atoms with van der Waals surface area (Å²) in [4.78, 5) is 11.3. The predicted molar refractivity (Wildman–Crippen MR) is 74.9 cm³/mol. The van der Waals surface area contributed by atoms with Gasteiger partial charge in [0, 0.05) is 12.2 Å². The van der Waals surface area contributed by atoms with Crippen LogP contribution in [0.2, 0.25) is 0 Å². The first-order valence-electron chi connectivity index (χ1n) is 6.44. The maximum Gasteiger partial charge on any atom is 0.307 e. The summed E-state index contributed by atoms with van der Waals surface area (Å²) in [5, 5.41) is 3.31. The second-order valence-electron chi connectivity index (χ2n) is 5.28. The molecule has 100 valence electrons. The van der Waals surface area contributed by atoms with Gasteiger partial charge in [-0.1, -0.05) is 39.0 Å². The Bertz CT molecular complexity index is 394.